The minimum absolute atomic E-state index is 0.144. The predicted molar refractivity (Wildman–Crippen MR) is 56.2 cm³/mol. The summed E-state index contributed by atoms with van der Waals surface area (Å²) in [6, 6.07) is 0.570. The van der Waals surface area contributed by atoms with Crippen LogP contribution < -0.4 is 5.32 Å². The molecule has 1 heterocycles. The van der Waals surface area contributed by atoms with E-state index in [-0.39, 0.29) is 6.61 Å². The van der Waals surface area contributed by atoms with Crippen LogP contribution in [-0.2, 0) is 0 Å². The molecule has 0 radical (unpaired) electrons. The summed E-state index contributed by atoms with van der Waals surface area (Å²) in [5.74, 6) is 0. The van der Waals surface area contributed by atoms with Crippen molar-refractivity contribution in [2.75, 3.05) is 32.8 Å². The van der Waals surface area contributed by atoms with E-state index < -0.39 is 6.10 Å². The van der Waals surface area contributed by atoms with Crippen LogP contribution in [0.4, 0.5) is 0 Å². The maximum Gasteiger partial charge on any atom is 0.0897 e. The van der Waals surface area contributed by atoms with Crippen LogP contribution in [0.25, 0.3) is 0 Å². The Morgan fingerprint density at radius 1 is 1.57 bits per heavy atom. The van der Waals surface area contributed by atoms with Gasteiger partial charge in [0.05, 0.1) is 12.7 Å². The molecule has 2 unspecified atom stereocenters. The summed E-state index contributed by atoms with van der Waals surface area (Å²) in [7, 11) is 0. The predicted octanol–water partition coefficient (Wildman–Crippen LogP) is -0.586. The first-order chi connectivity index (χ1) is 6.76. The Labute approximate surface area is 85.9 Å². The number of nitrogens with zero attached hydrogens (tertiary/aromatic N) is 1. The summed E-state index contributed by atoms with van der Waals surface area (Å²) >= 11 is 0. The first-order valence-electron chi connectivity index (χ1n) is 5.51. The summed E-state index contributed by atoms with van der Waals surface area (Å²) in [5.41, 5.74) is 0. The Morgan fingerprint density at radius 2 is 2.36 bits per heavy atom. The van der Waals surface area contributed by atoms with Gasteiger partial charge < -0.3 is 15.5 Å². The number of hydrogen-bond donors (Lipinski definition) is 3. The third kappa shape index (κ3) is 3.92. The average molecular weight is 202 g/mol. The second-order valence-electron chi connectivity index (χ2n) is 3.98. The molecule has 1 aliphatic rings. The number of aliphatic hydroxyl groups is 2. The molecule has 0 amide bonds. The van der Waals surface area contributed by atoms with Crippen molar-refractivity contribution >= 4 is 0 Å². The molecule has 0 aliphatic carbocycles. The van der Waals surface area contributed by atoms with E-state index in [1.54, 1.807) is 0 Å². The lowest BCUT2D eigenvalue weighted by Gasteiger charge is -2.25. The minimum atomic E-state index is -0.601. The lowest BCUT2D eigenvalue weighted by molar-refractivity contribution is 0.0584. The van der Waals surface area contributed by atoms with Crippen LogP contribution in [0, 0.1) is 0 Å². The molecular formula is C10H22N2O2. The van der Waals surface area contributed by atoms with Gasteiger partial charge in [-0.2, -0.15) is 0 Å². The number of likely N-dealkylation sites (N-methyl/N-ethyl adjacent to an activating group) is 1. The van der Waals surface area contributed by atoms with Crippen molar-refractivity contribution in [2.24, 2.45) is 0 Å². The van der Waals surface area contributed by atoms with Gasteiger partial charge in [0.2, 0.25) is 0 Å². The summed E-state index contributed by atoms with van der Waals surface area (Å²) in [6.07, 6.45) is 1.88. The highest BCUT2D eigenvalue weighted by atomic mass is 16.3. The number of hydrogen-bond acceptors (Lipinski definition) is 4. The van der Waals surface area contributed by atoms with E-state index in [0.29, 0.717) is 12.6 Å². The molecule has 84 valence electrons. The van der Waals surface area contributed by atoms with Crippen LogP contribution in [0.1, 0.15) is 19.8 Å². The zero-order valence-electron chi connectivity index (χ0n) is 8.95. The van der Waals surface area contributed by atoms with Gasteiger partial charge in [-0.25, -0.2) is 0 Å². The maximum absolute atomic E-state index is 9.32. The number of nitrogens with one attached hydrogen (secondary N) is 1. The molecule has 4 nitrogen and oxygen atoms in total. The molecule has 4 heteroatoms. The van der Waals surface area contributed by atoms with Crippen LogP contribution in [0.3, 0.4) is 0 Å². The topological polar surface area (TPSA) is 55.7 Å². The van der Waals surface area contributed by atoms with Gasteiger partial charge in [0.1, 0.15) is 0 Å². The smallest absolute Gasteiger partial charge is 0.0897 e. The van der Waals surface area contributed by atoms with E-state index in [4.69, 9.17) is 5.11 Å². The third-order valence-corrected chi connectivity index (χ3v) is 2.77. The highest BCUT2D eigenvalue weighted by Crippen LogP contribution is 2.07. The van der Waals surface area contributed by atoms with Crippen LogP contribution in [-0.4, -0.2) is 60.0 Å². The molecule has 2 atom stereocenters. The number of rotatable bonds is 6. The van der Waals surface area contributed by atoms with Crippen LogP contribution in [0.15, 0.2) is 0 Å². The van der Waals surface area contributed by atoms with Gasteiger partial charge in [-0.15, -0.1) is 0 Å². The molecule has 3 N–H and O–H groups in total. The van der Waals surface area contributed by atoms with E-state index in [1.807, 2.05) is 0 Å². The molecule has 1 rings (SSSR count). The molecule has 1 fully saturated rings. The summed E-state index contributed by atoms with van der Waals surface area (Å²) in [4.78, 5) is 2.18. The third-order valence-electron chi connectivity index (χ3n) is 2.77. The Morgan fingerprint density at radius 3 is 2.86 bits per heavy atom. The fourth-order valence-electron chi connectivity index (χ4n) is 1.91. The monoisotopic (exact) mass is 202 g/mol. The van der Waals surface area contributed by atoms with Gasteiger partial charge in [0.25, 0.3) is 0 Å². The molecule has 0 spiro atoms. The normalized spacial score (nSPS) is 24.4. The molecule has 0 aromatic carbocycles. The standard InChI is InChI=1S/C10H22N2O2/c1-2-12(7-10(14)8-13)6-9-4-3-5-11-9/h9-11,13-14H,2-8H2,1H3. The number of aliphatic hydroxyl groups excluding tert-OH is 2. The Kier molecular flexibility index (Phi) is 5.40. The lowest BCUT2D eigenvalue weighted by Crippen LogP contribution is -2.41. The quantitative estimate of drug-likeness (QED) is 0.539. The Hall–Kier alpha value is -0.160. The molecule has 0 aromatic heterocycles. The lowest BCUT2D eigenvalue weighted by atomic mass is 10.2. The van der Waals surface area contributed by atoms with Crippen LogP contribution in [0.5, 0.6) is 0 Å². The Bertz CT molecular complexity index is 149. The van der Waals surface area contributed by atoms with Gasteiger partial charge in [0, 0.05) is 19.1 Å². The van der Waals surface area contributed by atoms with E-state index in [0.717, 1.165) is 19.6 Å². The minimum Gasteiger partial charge on any atom is -0.394 e. The van der Waals surface area contributed by atoms with Crippen molar-refractivity contribution in [2.45, 2.75) is 31.9 Å². The second-order valence-corrected chi connectivity index (χ2v) is 3.98. The fourth-order valence-corrected chi connectivity index (χ4v) is 1.91. The van der Waals surface area contributed by atoms with Crippen molar-refractivity contribution in [1.29, 1.82) is 0 Å². The van der Waals surface area contributed by atoms with Crippen molar-refractivity contribution in [3.8, 4) is 0 Å². The van der Waals surface area contributed by atoms with Gasteiger partial charge in [-0.05, 0) is 25.9 Å². The fraction of sp³-hybridized carbons (Fsp3) is 1.00. The first-order valence-corrected chi connectivity index (χ1v) is 5.51. The summed E-state index contributed by atoms with van der Waals surface area (Å²) in [6.45, 7) is 5.53. The van der Waals surface area contributed by atoms with E-state index in [9.17, 15) is 5.11 Å². The average Bonchev–Trinajstić information content (AvgIpc) is 2.69. The molecule has 1 aliphatic heterocycles. The Balaban J connectivity index is 2.22. The summed E-state index contributed by atoms with van der Waals surface area (Å²) in [5, 5.41) is 21.5. The zero-order chi connectivity index (χ0) is 10.4. The van der Waals surface area contributed by atoms with Crippen molar-refractivity contribution in [3.63, 3.8) is 0 Å². The molecule has 0 aromatic rings. The van der Waals surface area contributed by atoms with E-state index in [2.05, 4.69) is 17.1 Å². The zero-order valence-corrected chi connectivity index (χ0v) is 8.95. The molecule has 0 saturated carbocycles. The van der Waals surface area contributed by atoms with Crippen molar-refractivity contribution in [1.82, 2.24) is 10.2 Å². The largest absolute Gasteiger partial charge is 0.394 e. The van der Waals surface area contributed by atoms with Crippen LogP contribution in [0.2, 0.25) is 0 Å². The molecule has 1 saturated heterocycles. The van der Waals surface area contributed by atoms with Gasteiger partial charge in [-0.3, -0.25) is 4.90 Å². The SMILES string of the molecule is CCN(CC(O)CO)CC1CCCN1. The van der Waals surface area contributed by atoms with E-state index >= 15 is 0 Å². The van der Waals surface area contributed by atoms with Crippen LogP contribution >= 0.6 is 0 Å². The highest BCUT2D eigenvalue weighted by Gasteiger charge is 2.18. The maximum atomic E-state index is 9.32. The van der Waals surface area contributed by atoms with Gasteiger partial charge in [0.15, 0.2) is 0 Å². The molecular weight excluding hydrogens is 180 g/mol. The summed E-state index contributed by atoms with van der Waals surface area (Å²) < 4.78 is 0. The second kappa shape index (κ2) is 6.35. The van der Waals surface area contributed by atoms with Crippen molar-refractivity contribution < 1.29 is 10.2 Å². The van der Waals surface area contributed by atoms with Gasteiger partial charge >= 0.3 is 0 Å². The first kappa shape index (κ1) is 11.9. The van der Waals surface area contributed by atoms with Crippen molar-refractivity contribution in [3.05, 3.63) is 0 Å². The molecule has 0 bridgehead atoms. The van der Waals surface area contributed by atoms with Gasteiger partial charge in [-0.1, -0.05) is 6.92 Å². The highest BCUT2D eigenvalue weighted by molar-refractivity contribution is 4.78. The van der Waals surface area contributed by atoms with E-state index in [1.165, 1.54) is 12.8 Å². The molecule has 14 heavy (non-hydrogen) atoms.